The van der Waals surface area contributed by atoms with E-state index in [9.17, 15) is 12.8 Å². The van der Waals surface area contributed by atoms with Gasteiger partial charge in [-0.15, -0.1) is 0 Å². The van der Waals surface area contributed by atoms with Crippen molar-refractivity contribution < 1.29 is 12.8 Å². The minimum absolute atomic E-state index is 0.0274. The second-order valence-electron chi connectivity index (χ2n) is 5.25. The van der Waals surface area contributed by atoms with Crippen LogP contribution in [-0.4, -0.2) is 50.8 Å². The molecule has 0 aliphatic carbocycles. The average molecular weight is 301 g/mol. The molecule has 1 atom stereocenters. The van der Waals surface area contributed by atoms with Gasteiger partial charge in [-0.25, -0.2) is 12.8 Å². The van der Waals surface area contributed by atoms with Crippen molar-refractivity contribution in [2.24, 2.45) is 0 Å². The Bertz CT molecular complexity index is 591. The number of nitrogen functional groups attached to an aromatic ring is 1. The summed E-state index contributed by atoms with van der Waals surface area (Å²) in [5.74, 6) is -0.609. The van der Waals surface area contributed by atoms with Crippen LogP contribution in [0, 0.1) is 5.82 Å². The zero-order valence-corrected chi connectivity index (χ0v) is 12.5. The largest absolute Gasteiger partial charge is 0.396 e. The number of benzene rings is 1. The normalized spacial score (nSPS) is 20.7. The minimum atomic E-state index is -3.63. The van der Waals surface area contributed by atoms with Crippen molar-refractivity contribution in [1.29, 1.82) is 0 Å². The van der Waals surface area contributed by atoms with Crippen LogP contribution in [0.1, 0.15) is 12.8 Å². The van der Waals surface area contributed by atoms with Gasteiger partial charge in [0.1, 0.15) is 5.82 Å². The molecule has 5 nitrogen and oxygen atoms in total. The first kappa shape index (κ1) is 15.2. The van der Waals surface area contributed by atoms with Crippen molar-refractivity contribution in [2.75, 3.05) is 32.9 Å². The lowest BCUT2D eigenvalue weighted by Gasteiger charge is -2.25. The number of hydrogen-bond donors (Lipinski definition) is 1. The van der Waals surface area contributed by atoms with Crippen molar-refractivity contribution in [3.63, 3.8) is 0 Å². The van der Waals surface area contributed by atoms with Crippen molar-refractivity contribution in [1.82, 2.24) is 9.21 Å². The highest BCUT2D eigenvalue weighted by molar-refractivity contribution is 7.89. The molecule has 20 heavy (non-hydrogen) atoms. The van der Waals surface area contributed by atoms with Crippen molar-refractivity contribution in [3.05, 3.63) is 24.0 Å². The van der Waals surface area contributed by atoms with Gasteiger partial charge in [0, 0.05) is 19.6 Å². The van der Waals surface area contributed by atoms with Crippen LogP contribution < -0.4 is 5.73 Å². The summed E-state index contributed by atoms with van der Waals surface area (Å²) in [7, 11) is -0.0924. The van der Waals surface area contributed by atoms with Gasteiger partial charge in [0.2, 0.25) is 10.0 Å². The highest BCUT2D eigenvalue weighted by Crippen LogP contribution is 2.22. The second-order valence-corrected chi connectivity index (χ2v) is 7.29. The first-order chi connectivity index (χ1) is 9.32. The Kier molecular flexibility index (Phi) is 4.31. The molecule has 0 saturated carbocycles. The number of likely N-dealkylation sites (N-methyl/N-ethyl adjacent to an activating group) is 2. The third kappa shape index (κ3) is 2.94. The fourth-order valence-corrected chi connectivity index (χ4v) is 3.71. The van der Waals surface area contributed by atoms with E-state index in [4.69, 9.17) is 5.73 Å². The molecule has 1 aliphatic rings. The summed E-state index contributed by atoms with van der Waals surface area (Å²) in [6, 6.07) is 3.72. The standard InChI is InChI=1S/C13H20FN3O2S/c1-16-7-3-4-10(16)9-17(2)20(18,19)11-5-6-12(14)13(15)8-11/h5-6,8,10H,3-4,7,9,15H2,1-2H3. The predicted octanol–water partition coefficient (Wildman–Crippen LogP) is 1.12. The molecule has 0 aromatic heterocycles. The highest BCUT2D eigenvalue weighted by atomic mass is 32.2. The summed E-state index contributed by atoms with van der Waals surface area (Å²) < 4.78 is 39.3. The van der Waals surface area contributed by atoms with E-state index in [1.54, 1.807) is 7.05 Å². The van der Waals surface area contributed by atoms with Crippen LogP contribution >= 0.6 is 0 Å². The van der Waals surface area contributed by atoms with E-state index in [1.807, 2.05) is 7.05 Å². The Hall–Kier alpha value is -1.18. The lowest BCUT2D eigenvalue weighted by molar-refractivity contribution is 0.271. The van der Waals surface area contributed by atoms with Crippen LogP contribution in [0.2, 0.25) is 0 Å². The van der Waals surface area contributed by atoms with Crippen LogP contribution in [0.5, 0.6) is 0 Å². The van der Waals surface area contributed by atoms with E-state index in [0.717, 1.165) is 25.5 Å². The SMILES string of the molecule is CN1CCCC1CN(C)S(=O)(=O)c1ccc(F)c(N)c1. The molecule has 0 amide bonds. The van der Waals surface area contributed by atoms with Gasteiger partial charge in [-0.2, -0.15) is 4.31 Å². The van der Waals surface area contributed by atoms with Crippen LogP contribution in [0.4, 0.5) is 10.1 Å². The number of sulfonamides is 1. The maximum atomic E-state index is 13.1. The number of nitrogens with two attached hydrogens (primary N) is 1. The molecule has 1 unspecified atom stereocenters. The minimum Gasteiger partial charge on any atom is -0.396 e. The van der Waals surface area contributed by atoms with Crippen LogP contribution in [-0.2, 0) is 10.0 Å². The van der Waals surface area contributed by atoms with Crippen LogP contribution in [0.25, 0.3) is 0 Å². The van der Waals surface area contributed by atoms with E-state index in [-0.39, 0.29) is 16.6 Å². The molecule has 112 valence electrons. The maximum absolute atomic E-state index is 13.1. The van der Waals surface area contributed by atoms with Crippen LogP contribution in [0.3, 0.4) is 0 Å². The molecular formula is C13H20FN3O2S. The molecule has 2 N–H and O–H groups in total. The molecule has 0 spiro atoms. The molecule has 1 aromatic rings. The molecule has 0 radical (unpaired) electrons. The Labute approximate surface area is 119 Å². The fourth-order valence-electron chi connectivity index (χ4n) is 2.47. The fraction of sp³-hybridized carbons (Fsp3) is 0.538. The van der Waals surface area contributed by atoms with Gasteiger partial charge in [-0.3, -0.25) is 0 Å². The summed E-state index contributed by atoms with van der Waals surface area (Å²) in [5.41, 5.74) is 5.28. The molecule has 1 fully saturated rings. The number of rotatable bonds is 4. The number of likely N-dealkylation sites (tertiary alicyclic amines) is 1. The highest BCUT2D eigenvalue weighted by Gasteiger charge is 2.28. The quantitative estimate of drug-likeness (QED) is 0.846. The van der Waals surface area contributed by atoms with E-state index in [0.29, 0.717) is 6.54 Å². The first-order valence-corrected chi connectivity index (χ1v) is 7.98. The Morgan fingerprint density at radius 1 is 1.50 bits per heavy atom. The summed E-state index contributed by atoms with van der Waals surface area (Å²) in [6.07, 6.45) is 2.07. The van der Waals surface area contributed by atoms with Crippen molar-refractivity contribution in [2.45, 2.75) is 23.8 Å². The van der Waals surface area contributed by atoms with E-state index >= 15 is 0 Å². The van der Waals surface area contributed by atoms with Gasteiger partial charge in [0.25, 0.3) is 0 Å². The Balaban J connectivity index is 2.18. The van der Waals surface area contributed by atoms with Crippen LogP contribution in [0.15, 0.2) is 23.1 Å². The summed E-state index contributed by atoms with van der Waals surface area (Å²) in [5, 5.41) is 0. The Morgan fingerprint density at radius 2 is 2.20 bits per heavy atom. The zero-order valence-electron chi connectivity index (χ0n) is 11.7. The molecule has 1 heterocycles. The Morgan fingerprint density at radius 3 is 2.75 bits per heavy atom. The number of hydrogen-bond acceptors (Lipinski definition) is 4. The van der Waals surface area contributed by atoms with Crippen molar-refractivity contribution in [3.8, 4) is 0 Å². The number of anilines is 1. The van der Waals surface area contributed by atoms with Gasteiger partial charge in [-0.05, 0) is 44.6 Å². The predicted molar refractivity (Wildman–Crippen MR) is 76.3 cm³/mol. The van der Waals surface area contributed by atoms with Gasteiger partial charge in [0.05, 0.1) is 10.6 Å². The summed E-state index contributed by atoms with van der Waals surface area (Å²) >= 11 is 0. The summed E-state index contributed by atoms with van der Waals surface area (Å²) in [6.45, 7) is 1.41. The molecule has 7 heteroatoms. The first-order valence-electron chi connectivity index (χ1n) is 6.54. The number of halogens is 1. The molecule has 0 bridgehead atoms. The molecule has 1 aliphatic heterocycles. The van der Waals surface area contributed by atoms with E-state index in [1.165, 1.54) is 16.4 Å². The lowest BCUT2D eigenvalue weighted by Crippen LogP contribution is -2.39. The van der Waals surface area contributed by atoms with Gasteiger partial charge < -0.3 is 10.6 Å². The topological polar surface area (TPSA) is 66.6 Å². The van der Waals surface area contributed by atoms with Gasteiger partial charge in [-0.1, -0.05) is 0 Å². The molecule has 2 rings (SSSR count). The lowest BCUT2D eigenvalue weighted by atomic mass is 10.2. The molecule has 1 saturated heterocycles. The summed E-state index contributed by atoms with van der Waals surface area (Å²) in [4.78, 5) is 2.19. The average Bonchev–Trinajstić information content (AvgIpc) is 2.78. The molecular weight excluding hydrogens is 281 g/mol. The maximum Gasteiger partial charge on any atom is 0.242 e. The molecule has 1 aromatic carbocycles. The number of nitrogens with zero attached hydrogens (tertiary/aromatic N) is 2. The second kappa shape index (κ2) is 5.67. The van der Waals surface area contributed by atoms with Gasteiger partial charge in [0.15, 0.2) is 0 Å². The van der Waals surface area contributed by atoms with E-state index < -0.39 is 15.8 Å². The third-order valence-electron chi connectivity index (χ3n) is 3.82. The third-order valence-corrected chi connectivity index (χ3v) is 5.63. The monoisotopic (exact) mass is 301 g/mol. The zero-order chi connectivity index (χ0) is 14.9. The van der Waals surface area contributed by atoms with E-state index in [2.05, 4.69) is 4.90 Å². The van der Waals surface area contributed by atoms with Crippen molar-refractivity contribution >= 4 is 15.7 Å². The van der Waals surface area contributed by atoms with Gasteiger partial charge >= 0.3 is 0 Å². The smallest absolute Gasteiger partial charge is 0.242 e.